The smallest absolute Gasteiger partial charge is 0.317 e. The lowest BCUT2D eigenvalue weighted by atomic mass is 9.89. The van der Waals surface area contributed by atoms with Gasteiger partial charge in [0.2, 0.25) is 0 Å². The van der Waals surface area contributed by atoms with Gasteiger partial charge in [-0.1, -0.05) is 0 Å². The van der Waals surface area contributed by atoms with Crippen LogP contribution in [0.25, 0.3) is 0 Å². The van der Waals surface area contributed by atoms with E-state index in [9.17, 15) is 4.79 Å². The standard InChI is InChI=1S/C17H29N5OS/c1-14(21-10-8-20(2)9-11-21)15-3-6-22(7-4-15)17(23)19-13-16-18-5-12-24-16/h5,12,14-15H,3-4,6-11,13H2,1-2H3,(H,19,23). The lowest BCUT2D eigenvalue weighted by molar-refractivity contribution is 0.0664. The normalized spacial score (nSPS) is 22.5. The van der Waals surface area contributed by atoms with Gasteiger partial charge in [-0.3, -0.25) is 4.90 Å². The third-order valence-corrected chi connectivity index (χ3v) is 6.28. The fraction of sp³-hybridized carbons (Fsp3) is 0.765. The van der Waals surface area contributed by atoms with E-state index in [1.165, 1.54) is 26.2 Å². The Morgan fingerprint density at radius 3 is 2.62 bits per heavy atom. The van der Waals surface area contributed by atoms with Crippen LogP contribution in [0.3, 0.4) is 0 Å². The van der Waals surface area contributed by atoms with Gasteiger partial charge in [-0.25, -0.2) is 9.78 Å². The Kier molecular flexibility index (Phi) is 6.08. The molecule has 2 saturated heterocycles. The highest BCUT2D eigenvalue weighted by molar-refractivity contribution is 7.09. The van der Waals surface area contributed by atoms with E-state index in [-0.39, 0.29) is 6.03 Å². The maximum Gasteiger partial charge on any atom is 0.317 e. The molecule has 2 aliphatic heterocycles. The first-order valence-corrected chi connectivity index (χ1v) is 9.85. The van der Waals surface area contributed by atoms with Gasteiger partial charge in [-0.2, -0.15) is 0 Å². The number of nitrogens with one attached hydrogen (secondary N) is 1. The first kappa shape index (κ1) is 17.6. The Morgan fingerprint density at radius 2 is 2.00 bits per heavy atom. The van der Waals surface area contributed by atoms with Gasteiger partial charge in [0.1, 0.15) is 5.01 Å². The number of hydrogen-bond donors (Lipinski definition) is 1. The molecular weight excluding hydrogens is 322 g/mol. The van der Waals surface area contributed by atoms with Gasteiger partial charge in [-0.15, -0.1) is 11.3 Å². The van der Waals surface area contributed by atoms with Crippen molar-refractivity contribution in [3.63, 3.8) is 0 Å². The van der Waals surface area contributed by atoms with Gasteiger partial charge in [0.05, 0.1) is 6.54 Å². The molecule has 1 aromatic heterocycles. The second-order valence-electron chi connectivity index (χ2n) is 6.99. The van der Waals surface area contributed by atoms with E-state index in [0.717, 1.165) is 30.9 Å². The first-order chi connectivity index (χ1) is 11.6. The van der Waals surface area contributed by atoms with Crippen molar-refractivity contribution in [2.24, 2.45) is 5.92 Å². The van der Waals surface area contributed by atoms with Crippen LogP contribution in [-0.4, -0.2) is 78.1 Å². The SMILES string of the molecule is CC(C1CCN(C(=O)NCc2nccs2)CC1)N1CCN(C)CC1. The summed E-state index contributed by atoms with van der Waals surface area (Å²) in [5.41, 5.74) is 0. The van der Waals surface area contributed by atoms with Gasteiger partial charge in [-0.05, 0) is 32.7 Å². The summed E-state index contributed by atoms with van der Waals surface area (Å²) < 4.78 is 0. The molecule has 0 saturated carbocycles. The number of nitrogens with zero attached hydrogens (tertiary/aromatic N) is 4. The Labute approximate surface area is 148 Å². The third kappa shape index (κ3) is 4.46. The largest absolute Gasteiger partial charge is 0.331 e. The minimum atomic E-state index is 0.0518. The van der Waals surface area contributed by atoms with Gasteiger partial charge in [0.15, 0.2) is 0 Å². The number of carbonyl (C=O) groups excluding carboxylic acids is 1. The number of thiazole rings is 1. The Balaban J connectivity index is 1.40. The third-order valence-electron chi connectivity index (χ3n) is 5.50. The highest BCUT2D eigenvalue weighted by Gasteiger charge is 2.30. The number of aromatic nitrogens is 1. The number of hydrogen-bond acceptors (Lipinski definition) is 5. The fourth-order valence-corrected chi connectivity index (χ4v) is 4.27. The van der Waals surface area contributed by atoms with Crippen molar-refractivity contribution in [2.45, 2.75) is 32.4 Å². The maximum absolute atomic E-state index is 12.3. The van der Waals surface area contributed by atoms with Crippen molar-refractivity contribution in [3.05, 3.63) is 16.6 Å². The summed E-state index contributed by atoms with van der Waals surface area (Å²) in [6, 6.07) is 0.676. The van der Waals surface area contributed by atoms with Crippen molar-refractivity contribution in [3.8, 4) is 0 Å². The molecule has 1 N–H and O–H groups in total. The van der Waals surface area contributed by atoms with E-state index >= 15 is 0 Å². The number of likely N-dealkylation sites (N-methyl/N-ethyl adjacent to an activating group) is 1. The summed E-state index contributed by atoms with van der Waals surface area (Å²) in [4.78, 5) is 23.5. The van der Waals surface area contributed by atoms with Gasteiger partial charge >= 0.3 is 6.03 Å². The Hall–Kier alpha value is -1.18. The van der Waals surface area contributed by atoms with E-state index in [1.807, 2.05) is 10.3 Å². The van der Waals surface area contributed by atoms with Gasteiger partial charge in [0.25, 0.3) is 0 Å². The summed E-state index contributed by atoms with van der Waals surface area (Å²) in [6.07, 6.45) is 3.99. The molecule has 24 heavy (non-hydrogen) atoms. The molecule has 6 nitrogen and oxygen atoms in total. The van der Waals surface area contributed by atoms with Crippen molar-refractivity contribution >= 4 is 17.4 Å². The minimum absolute atomic E-state index is 0.0518. The summed E-state index contributed by atoms with van der Waals surface area (Å²) in [6.45, 7) is 9.32. The zero-order chi connectivity index (χ0) is 16.9. The molecule has 0 aromatic carbocycles. The summed E-state index contributed by atoms with van der Waals surface area (Å²) in [7, 11) is 2.20. The van der Waals surface area contributed by atoms with Crippen LogP contribution in [-0.2, 0) is 6.54 Å². The number of carbonyl (C=O) groups is 1. The van der Waals surface area contributed by atoms with Crippen LogP contribution in [0, 0.1) is 5.92 Å². The van der Waals surface area contributed by atoms with Crippen LogP contribution in [0.4, 0.5) is 4.79 Å². The van der Waals surface area contributed by atoms with Crippen LogP contribution in [0.2, 0.25) is 0 Å². The van der Waals surface area contributed by atoms with Crippen LogP contribution in [0.1, 0.15) is 24.8 Å². The average Bonchev–Trinajstić information content (AvgIpc) is 3.13. The van der Waals surface area contributed by atoms with Crippen LogP contribution < -0.4 is 5.32 Å². The lowest BCUT2D eigenvalue weighted by Crippen LogP contribution is -2.52. The molecule has 1 atom stereocenters. The monoisotopic (exact) mass is 351 g/mol. The number of urea groups is 1. The molecule has 3 rings (SSSR count). The topological polar surface area (TPSA) is 51.7 Å². The molecule has 2 amide bonds. The quantitative estimate of drug-likeness (QED) is 0.897. The molecule has 7 heteroatoms. The second kappa shape index (κ2) is 8.27. The number of likely N-dealkylation sites (tertiary alicyclic amines) is 1. The first-order valence-electron chi connectivity index (χ1n) is 8.97. The van der Waals surface area contributed by atoms with E-state index in [0.29, 0.717) is 18.5 Å². The molecule has 1 aromatic rings. The maximum atomic E-state index is 12.3. The average molecular weight is 352 g/mol. The second-order valence-corrected chi connectivity index (χ2v) is 7.97. The van der Waals surface area contributed by atoms with E-state index in [2.05, 4.69) is 34.1 Å². The predicted octanol–water partition coefficient (Wildman–Crippen LogP) is 1.70. The van der Waals surface area contributed by atoms with E-state index < -0.39 is 0 Å². The Morgan fingerprint density at radius 1 is 1.29 bits per heavy atom. The predicted molar refractivity (Wildman–Crippen MR) is 97.2 cm³/mol. The molecule has 0 bridgehead atoms. The molecule has 3 heterocycles. The molecule has 2 fully saturated rings. The van der Waals surface area contributed by atoms with Crippen LogP contribution >= 0.6 is 11.3 Å². The highest BCUT2D eigenvalue weighted by atomic mass is 32.1. The zero-order valence-electron chi connectivity index (χ0n) is 14.8. The highest BCUT2D eigenvalue weighted by Crippen LogP contribution is 2.24. The number of amides is 2. The van der Waals surface area contributed by atoms with Gasteiger partial charge in [0, 0.05) is 56.9 Å². The number of piperidine rings is 1. The van der Waals surface area contributed by atoms with E-state index in [1.54, 1.807) is 17.5 Å². The fourth-order valence-electron chi connectivity index (χ4n) is 3.72. The van der Waals surface area contributed by atoms with Crippen molar-refractivity contribution in [1.29, 1.82) is 0 Å². The summed E-state index contributed by atoms with van der Waals surface area (Å²) in [5, 5.41) is 5.88. The summed E-state index contributed by atoms with van der Waals surface area (Å²) in [5.74, 6) is 0.705. The molecule has 0 spiro atoms. The molecule has 0 aliphatic carbocycles. The summed E-state index contributed by atoms with van der Waals surface area (Å²) >= 11 is 1.58. The number of rotatable bonds is 4. The lowest BCUT2D eigenvalue weighted by Gasteiger charge is -2.42. The van der Waals surface area contributed by atoms with Gasteiger partial charge < -0.3 is 15.1 Å². The molecule has 2 aliphatic rings. The van der Waals surface area contributed by atoms with Crippen LogP contribution in [0.5, 0.6) is 0 Å². The molecule has 0 radical (unpaired) electrons. The Bertz CT molecular complexity index is 507. The van der Waals surface area contributed by atoms with Crippen molar-refractivity contribution < 1.29 is 4.79 Å². The van der Waals surface area contributed by atoms with Crippen molar-refractivity contribution in [2.75, 3.05) is 46.3 Å². The molecule has 134 valence electrons. The number of piperazine rings is 1. The van der Waals surface area contributed by atoms with E-state index in [4.69, 9.17) is 0 Å². The zero-order valence-corrected chi connectivity index (χ0v) is 15.6. The minimum Gasteiger partial charge on any atom is -0.331 e. The molecule has 1 unspecified atom stereocenters. The van der Waals surface area contributed by atoms with Crippen molar-refractivity contribution in [1.82, 2.24) is 25.0 Å². The molecular formula is C17H29N5OS. The van der Waals surface area contributed by atoms with Crippen LogP contribution in [0.15, 0.2) is 11.6 Å².